The van der Waals surface area contributed by atoms with E-state index in [9.17, 15) is 9.90 Å². The van der Waals surface area contributed by atoms with Gasteiger partial charge in [-0.2, -0.15) is 0 Å². The Hall–Kier alpha value is -2.20. The number of aromatic carboxylic acids is 1. The highest BCUT2D eigenvalue weighted by molar-refractivity contribution is 9.08. The average Bonchev–Trinajstić information content (AvgIpc) is 2.53. The molecule has 21 heavy (non-hydrogen) atoms. The van der Waals surface area contributed by atoms with Crippen molar-refractivity contribution in [2.75, 3.05) is 0 Å². The third-order valence-corrected chi connectivity index (χ3v) is 3.99. The van der Waals surface area contributed by atoms with Crippen LogP contribution in [0.4, 0.5) is 0 Å². The molecule has 1 N–H and O–H groups in total. The monoisotopic (exact) mass is 341 g/mol. The van der Waals surface area contributed by atoms with Crippen LogP contribution in [0.1, 0.15) is 15.9 Å². The van der Waals surface area contributed by atoms with E-state index in [-0.39, 0.29) is 5.56 Å². The maximum absolute atomic E-state index is 11.3. The molecule has 0 fully saturated rings. The molecule has 0 aliphatic carbocycles. The molecule has 1 aromatic heterocycles. The quantitative estimate of drug-likeness (QED) is 0.713. The summed E-state index contributed by atoms with van der Waals surface area (Å²) in [5.41, 5.74) is 3.62. The lowest BCUT2D eigenvalue weighted by atomic mass is 10.0. The van der Waals surface area contributed by atoms with E-state index in [0.717, 1.165) is 16.2 Å². The van der Waals surface area contributed by atoms with Crippen molar-refractivity contribution in [2.45, 2.75) is 5.33 Å². The minimum Gasteiger partial charge on any atom is -0.478 e. The Labute approximate surface area is 130 Å². The van der Waals surface area contributed by atoms with Crippen LogP contribution < -0.4 is 0 Å². The number of carbonyl (C=O) groups is 1. The number of alkyl halides is 1. The number of benzene rings is 2. The van der Waals surface area contributed by atoms with Crippen LogP contribution in [0.3, 0.4) is 0 Å². The van der Waals surface area contributed by atoms with Gasteiger partial charge in [-0.1, -0.05) is 46.3 Å². The molecule has 1 heterocycles. The van der Waals surface area contributed by atoms with Gasteiger partial charge in [0.1, 0.15) is 0 Å². The van der Waals surface area contributed by atoms with Gasteiger partial charge in [0.25, 0.3) is 0 Å². The van der Waals surface area contributed by atoms with Crippen LogP contribution in [-0.4, -0.2) is 16.1 Å². The minimum absolute atomic E-state index is 0.265. The number of carboxylic acids is 1. The van der Waals surface area contributed by atoms with Gasteiger partial charge in [-0.15, -0.1) is 0 Å². The van der Waals surface area contributed by atoms with Crippen molar-refractivity contribution in [3.05, 3.63) is 65.7 Å². The van der Waals surface area contributed by atoms with Crippen LogP contribution in [0.2, 0.25) is 0 Å². The first-order valence-electron chi connectivity index (χ1n) is 6.47. The summed E-state index contributed by atoms with van der Waals surface area (Å²) < 4.78 is 0. The van der Waals surface area contributed by atoms with Crippen LogP contribution in [-0.2, 0) is 5.33 Å². The summed E-state index contributed by atoms with van der Waals surface area (Å²) in [6.45, 7) is 0. The lowest BCUT2D eigenvalue weighted by Gasteiger charge is -2.07. The number of fused-ring (bicyclic) bond motifs is 1. The van der Waals surface area contributed by atoms with Crippen LogP contribution in [0.25, 0.3) is 22.2 Å². The fourth-order valence-electron chi connectivity index (χ4n) is 2.30. The molecule has 104 valence electrons. The van der Waals surface area contributed by atoms with Gasteiger partial charge in [-0.3, -0.25) is 0 Å². The molecule has 0 bridgehead atoms. The van der Waals surface area contributed by atoms with Crippen molar-refractivity contribution < 1.29 is 9.90 Å². The van der Waals surface area contributed by atoms with E-state index in [1.807, 2.05) is 30.3 Å². The summed E-state index contributed by atoms with van der Waals surface area (Å²) in [5, 5.41) is 11.1. The van der Waals surface area contributed by atoms with Crippen LogP contribution in [0.15, 0.2) is 54.6 Å². The molecule has 0 amide bonds. The first-order valence-corrected chi connectivity index (χ1v) is 7.59. The third-order valence-electron chi connectivity index (χ3n) is 3.34. The van der Waals surface area contributed by atoms with Crippen molar-refractivity contribution in [3.8, 4) is 11.3 Å². The number of aromatic nitrogens is 1. The highest BCUT2D eigenvalue weighted by Crippen LogP contribution is 2.25. The van der Waals surface area contributed by atoms with Gasteiger partial charge in [0.2, 0.25) is 0 Å². The van der Waals surface area contributed by atoms with Gasteiger partial charge < -0.3 is 5.11 Å². The molecule has 0 unspecified atom stereocenters. The third kappa shape index (κ3) is 2.67. The van der Waals surface area contributed by atoms with Gasteiger partial charge >= 0.3 is 5.97 Å². The minimum atomic E-state index is -0.942. The first-order chi connectivity index (χ1) is 10.2. The van der Waals surface area contributed by atoms with Gasteiger partial charge in [0.05, 0.1) is 16.8 Å². The molecule has 3 rings (SSSR count). The summed E-state index contributed by atoms with van der Waals surface area (Å²) in [7, 11) is 0. The molecule has 0 atom stereocenters. The highest BCUT2D eigenvalue weighted by Gasteiger charge is 2.12. The van der Waals surface area contributed by atoms with E-state index in [4.69, 9.17) is 0 Å². The fraction of sp³-hybridized carbons (Fsp3) is 0.0588. The Morgan fingerprint density at radius 2 is 1.90 bits per heavy atom. The molecule has 0 aliphatic heterocycles. The fourth-order valence-corrected chi connectivity index (χ4v) is 2.65. The van der Waals surface area contributed by atoms with Crippen molar-refractivity contribution in [1.29, 1.82) is 0 Å². The largest absolute Gasteiger partial charge is 0.478 e. The van der Waals surface area contributed by atoms with E-state index in [1.54, 1.807) is 18.2 Å². The molecular formula is C17H12BrNO2. The van der Waals surface area contributed by atoms with E-state index in [0.29, 0.717) is 11.3 Å². The second kappa shape index (κ2) is 5.66. The van der Waals surface area contributed by atoms with Gasteiger partial charge in [-0.25, -0.2) is 9.78 Å². The standard InChI is InChI=1S/C17H12BrNO2/c18-10-11-5-7-15-12(9-11)6-8-16(19-15)13-3-1-2-4-14(13)17(20)21/h1-9H,10H2,(H,20,21). The summed E-state index contributed by atoms with van der Waals surface area (Å²) in [6.07, 6.45) is 0. The molecule has 0 aliphatic rings. The number of carboxylic acid groups (broad SMARTS) is 1. The van der Waals surface area contributed by atoms with E-state index >= 15 is 0 Å². The number of halogens is 1. The number of nitrogens with zero attached hydrogens (tertiary/aromatic N) is 1. The normalized spacial score (nSPS) is 10.7. The number of hydrogen-bond acceptors (Lipinski definition) is 2. The summed E-state index contributed by atoms with van der Waals surface area (Å²) in [5.74, 6) is -0.942. The zero-order chi connectivity index (χ0) is 14.8. The van der Waals surface area contributed by atoms with Crippen molar-refractivity contribution in [3.63, 3.8) is 0 Å². The van der Waals surface area contributed by atoms with Crippen molar-refractivity contribution >= 4 is 32.8 Å². The molecule has 0 saturated carbocycles. The summed E-state index contributed by atoms with van der Waals surface area (Å²) in [6, 6.07) is 16.8. The van der Waals surface area contributed by atoms with E-state index in [1.165, 1.54) is 5.56 Å². The molecule has 0 radical (unpaired) electrons. The molecule has 3 nitrogen and oxygen atoms in total. The molecular weight excluding hydrogens is 330 g/mol. The Kier molecular flexibility index (Phi) is 3.71. The molecule has 4 heteroatoms. The van der Waals surface area contributed by atoms with Crippen LogP contribution >= 0.6 is 15.9 Å². The molecule has 3 aromatic rings. The van der Waals surface area contributed by atoms with Crippen LogP contribution in [0.5, 0.6) is 0 Å². The Balaban J connectivity index is 2.16. The van der Waals surface area contributed by atoms with Crippen molar-refractivity contribution in [2.24, 2.45) is 0 Å². The molecule has 0 saturated heterocycles. The zero-order valence-electron chi connectivity index (χ0n) is 11.1. The van der Waals surface area contributed by atoms with Gasteiger partial charge in [0.15, 0.2) is 0 Å². The van der Waals surface area contributed by atoms with E-state index in [2.05, 4.69) is 27.0 Å². The average molecular weight is 342 g/mol. The van der Waals surface area contributed by atoms with E-state index < -0.39 is 5.97 Å². The van der Waals surface area contributed by atoms with Crippen LogP contribution in [0, 0.1) is 0 Å². The Morgan fingerprint density at radius 1 is 1.10 bits per heavy atom. The molecule has 2 aromatic carbocycles. The zero-order valence-corrected chi connectivity index (χ0v) is 12.7. The first kappa shape index (κ1) is 13.8. The maximum Gasteiger partial charge on any atom is 0.336 e. The van der Waals surface area contributed by atoms with Gasteiger partial charge in [0, 0.05) is 16.3 Å². The Morgan fingerprint density at radius 3 is 2.67 bits per heavy atom. The lowest BCUT2D eigenvalue weighted by Crippen LogP contribution is -2.00. The SMILES string of the molecule is O=C(O)c1ccccc1-c1ccc2cc(CBr)ccc2n1. The lowest BCUT2D eigenvalue weighted by molar-refractivity contribution is 0.0697. The maximum atomic E-state index is 11.3. The number of hydrogen-bond donors (Lipinski definition) is 1. The smallest absolute Gasteiger partial charge is 0.336 e. The number of pyridine rings is 1. The van der Waals surface area contributed by atoms with Gasteiger partial charge in [-0.05, 0) is 29.8 Å². The summed E-state index contributed by atoms with van der Waals surface area (Å²) >= 11 is 3.43. The second-order valence-electron chi connectivity index (χ2n) is 4.71. The number of rotatable bonds is 3. The predicted octanol–water partition coefficient (Wildman–Crippen LogP) is 4.49. The predicted molar refractivity (Wildman–Crippen MR) is 86.8 cm³/mol. The topological polar surface area (TPSA) is 50.2 Å². The summed E-state index contributed by atoms with van der Waals surface area (Å²) in [4.78, 5) is 15.9. The van der Waals surface area contributed by atoms with Crippen molar-refractivity contribution in [1.82, 2.24) is 4.98 Å². The Bertz CT molecular complexity index is 830. The molecule has 0 spiro atoms. The second-order valence-corrected chi connectivity index (χ2v) is 5.27. The highest BCUT2D eigenvalue weighted by atomic mass is 79.9.